The van der Waals surface area contributed by atoms with E-state index in [-0.39, 0.29) is 18.3 Å². The smallest absolute Gasteiger partial charge is 0.266 e. The van der Waals surface area contributed by atoms with Gasteiger partial charge in [-0.15, -0.1) is 0 Å². The Morgan fingerprint density at radius 2 is 2.00 bits per heavy atom. The standard InChI is InChI=1S/C22H22FNO4S2/c1-3-27-19-12-15(13-20-21(25)24(9-10-26-2)22(29)30-20)7-8-18(19)28-14-16-5-4-6-17(23)11-16/h4-8,11-13H,3,9-10,14H2,1-2H3/b20-13+. The number of thioether (sulfide) groups is 1. The van der Waals surface area contributed by atoms with Crippen molar-refractivity contribution < 1.29 is 23.4 Å². The number of nitrogens with zero attached hydrogens (tertiary/aromatic N) is 1. The summed E-state index contributed by atoms with van der Waals surface area (Å²) in [4.78, 5) is 14.7. The number of hydrogen-bond acceptors (Lipinski definition) is 6. The Labute approximate surface area is 184 Å². The molecule has 2 aromatic rings. The van der Waals surface area contributed by atoms with Gasteiger partial charge in [0.1, 0.15) is 16.7 Å². The molecule has 1 fully saturated rings. The van der Waals surface area contributed by atoms with E-state index >= 15 is 0 Å². The fourth-order valence-corrected chi connectivity index (χ4v) is 4.13. The number of halogens is 1. The van der Waals surface area contributed by atoms with Gasteiger partial charge in [0.25, 0.3) is 5.91 Å². The summed E-state index contributed by atoms with van der Waals surface area (Å²) in [6.45, 7) is 3.40. The van der Waals surface area contributed by atoms with Gasteiger partial charge < -0.3 is 14.2 Å². The van der Waals surface area contributed by atoms with Crippen LogP contribution in [0.25, 0.3) is 6.08 Å². The summed E-state index contributed by atoms with van der Waals surface area (Å²) in [6.07, 6.45) is 1.78. The zero-order chi connectivity index (χ0) is 21.5. The number of methoxy groups -OCH3 is 1. The molecule has 2 aromatic carbocycles. The lowest BCUT2D eigenvalue weighted by Gasteiger charge is -2.13. The van der Waals surface area contributed by atoms with E-state index in [0.29, 0.717) is 40.5 Å². The fourth-order valence-electron chi connectivity index (χ4n) is 2.82. The van der Waals surface area contributed by atoms with Gasteiger partial charge >= 0.3 is 0 Å². The van der Waals surface area contributed by atoms with Crippen molar-refractivity contribution in [1.82, 2.24) is 4.90 Å². The Balaban J connectivity index is 1.76. The average Bonchev–Trinajstić information content (AvgIpc) is 2.99. The third-order valence-corrected chi connectivity index (χ3v) is 5.62. The summed E-state index contributed by atoms with van der Waals surface area (Å²) in [5.41, 5.74) is 1.52. The quantitative estimate of drug-likeness (QED) is 0.412. The molecule has 1 saturated heterocycles. The number of carbonyl (C=O) groups is 1. The number of ether oxygens (including phenoxy) is 3. The SMILES string of the molecule is CCOc1cc(/C=C2/SC(=S)N(CCOC)C2=O)ccc1OCc1cccc(F)c1. The molecule has 0 N–H and O–H groups in total. The van der Waals surface area contributed by atoms with Crippen LogP contribution in [0.4, 0.5) is 4.39 Å². The molecule has 1 amide bonds. The van der Waals surface area contributed by atoms with E-state index in [1.54, 1.807) is 31.4 Å². The van der Waals surface area contributed by atoms with Crippen LogP contribution in [0.3, 0.4) is 0 Å². The second kappa shape index (κ2) is 10.6. The van der Waals surface area contributed by atoms with Gasteiger partial charge in [-0.05, 0) is 48.4 Å². The van der Waals surface area contributed by atoms with Crippen LogP contribution in [0, 0.1) is 5.82 Å². The van der Waals surface area contributed by atoms with Crippen LogP contribution < -0.4 is 9.47 Å². The minimum Gasteiger partial charge on any atom is -0.490 e. The van der Waals surface area contributed by atoms with Gasteiger partial charge in [0.2, 0.25) is 0 Å². The van der Waals surface area contributed by atoms with E-state index < -0.39 is 0 Å². The lowest BCUT2D eigenvalue weighted by molar-refractivity contribution is -0.122. The van der Waals surface area contributed by atoms with Gasteiger partial charge in [-0.3, -0.25) is 9.69 Å². The minimum atomic E-state index is -0.306. The molecule has 8 heteroatoms. The van der Waals surface area contributed by atoms with Crippen molar-refractivity contribution in [2.24, 2.45) is 0 Å². The maximum Gasteiger partial charge on any atom is 0.266 e. The highest BCUT2D eigenvalue weighted by Gasteiger charge is 2.31. The molecule has 30 heavy (non-hydrogen) atoms. The summed E-state index contributed by atoms with van der Waals surface area (Å²) >= 11 is 6.57. The van der Waals surface area contributed by atoms with Crippen molar-refractivity contribution in [3.05, 3.63) is 64.3 Å². The maximum atomic E-state index is 13.4. The highest BCUT2D eigenvalue weighted by molar-refractivity contribution is 8.26. The van der Waals surface area contributed by atoms with E-state index in [9.17, 15) is 9.18 Å². The van der Waals surface area contributed by atoms with Crippen molar-refractivity contribution in [2.75, 3.05) is 26.9 Å². The van der Waals surface area contributed by atoms with Crippen LogP contribution in [0.2, 0.25) is 0 Å². The van der Waals surface area contributed by atoms with Crippen LogP contribution in [0.1, 0.15) is 18.1 Å². The Bertz CT molecular complexity index is 964. The lowest BCUT2D eigenvalue weighted by atomic mass is 10.1. The molecule has 0 aliphatic carbocycles. The van der Waals surface area contributed by atoms with Crippen LogP contribution in [-0.4, -0.2) is 42.0 Å². The number of carbonyl (C=O) groups excluding carboxylic acids is 1. The highest BCUT2D eigenvalue weighted by atomic mass is 32.2. The van der Waals surface area contributed by atoms with Gasteiger partial charge in [-0.2, -0.15) is 0 Å². The molecule has 0 atom stereocenters. The molecule has 0 radical (unpaired) electrons. The van der Waals surface area contributed by atoms with Crippen LogP contribution >= 0.6 is 24.0 Å². The number of hydrogen-bond donors (Lipinski definition) is 0. The van der Waals surface area contributed by atoms with E-state index in [1.807, 2.05) is 19.1 Å². The first-order valence-corrected chi connectivity index (χ1v) is 10.6. The predicted molar refractivity (Wildman–Crippen MR) is 120 cm³/mol. The Kier molecular flexibility index (Phi) is 7.84. The summed E-state index contributed by atoms with van der Waals surface area (Å²) in [5, 5.41) is 0. The molecule has 0 aromatic heterocycles. The van der Waals surface area contributed by atoms with Gasteiger partial charge in [-0.25, -0.2) is 4.39 Å². The topological polar surface area (TPSA) is 48.0 Å². The lowest BCUT2D eigenvalue weighted by Crippen LogP contribution is -2.31. The summed E-state index contributed by atoms with van der Waals surface area (Å²) in [6, 6.07) is 11.7. The van der Waals surface area contributed by atoms with E-state index in [0.717, 1.165) is 11.1 Å². The molecule has 0 spiro atoms. The van der Waals surface area contributed by atoms with Gasteiger partial charge in [0.05, 0.1) is 24.7 Å². The third-order valence-electron chi connectivity index (χ3n) is 4.24. The van der Waals surface area contributed by atoms with Crippen molar-refractivity contribution in [2.45, 2.75) is 13.5 Å². The Morgan fingerprint density at radius 3 is 2.73 bits per heavy atom. The van der Waals surface area contributed by atoms with Crippen molar-refractivity contribution in [1.29, 1.82) is 0 Å². The second-order valence-electron chi connectivity index (χ2n) is 6.38. The third kappa shape index (κ3) is 5.59. The monoisotopic (exact) mass is 447 g/mol. The fraction of sp³-hybridized carbons (Fsp3) is 0.273. The first-order valence-electron chi connectivity index (χ1n) is 9.40. The maximum absolute atomic E-state index is 13.4. The van der Waals surface area contributed by atoms with Crippen LogP contribution in [0.15, 0.2) is 47.4 Å². The normalized spacial score (nSPS) is 15.2. The Morgan fingerprint density at radius 1 is 1.17 bits per heavy atom. The molecule has 1 aliphatic heterocycles. The minimum absolute atomic E-state index is 0.133. The largest absolute Gasteiger partial charge is 0.490 e. The molecule has 0 unspecified atom stereocenters. The molecule has 1 aliphatic rings. The van der Waals surface area contributed by atoms with Crippen molar-refractivity contribution in [3.8, 4) is 11.5 Å². The van der Waals surface area contributed by atoms with Gasteiger partial charge in [0.15, 0.2) is 11.5 Å². The average molecular weight is 448 g/mol. The first-order chi connectivity index (χ1) is 14.5. The summed E-state index contributed by atoms with van der Waals surface area (Å²) in [7, 11) is 1.58. The number of amides is 1. The second-order valence-corrected chi connectivity index (χ2v) is 8.06. The van der Waals surface area contributed by atoms with E-state index in [2.05, 4.69) is 0 Å². The van der Waals surface area contributed by atoms with Gasteiger partial charge in [-0.1, -0.05) is 42.2 Å². The first kappa shape index (κ1) is 22.3. The Hall–Kier alpha value is -2.42. The van der Waals surface area contributed by atoms with Crippen LogP contribution in [0.5, 0.6) is 11.5 Å². The number of benzene rings is 2. The zero-order valence-electron chi connectivity index (χ0n) is 16.7. The number of thiocarbonyl (C=S) groups is 1. The highest BCUT2D eigenvalue weighted by Crippen LogP contribution is 2.35. The van der Waals surface area contributed by atoms with Crippen LogP contribution in [-0.2, 0) is 16.1 Å². The van der Waals surface area contributed by atoms with Crippen molar-refractivity contribution in [3.63, 3.8) is 0 Å². The molecular weight excluding hydrogens is 425 g/mol. The zero-order valence-corrected chi connectivity index (χ0v) is 18.4. The molecular formula is C22H22FNO4S2. The predicted octanol–water partition coefficient (Wildman–Crippen LogP) is 4.65. The van der Waals surface area contributed by atoms with E-state index in [1.165, 1.54) is 28.8 Å². The van der Waals surface area contributed by atoms with Gasteiger partial charge in [0, 0.05) is 7.11 Å². The number of rotatable bonds is 9. The molecule has 3 rings (SSSR count). The molecule has 158 valence electrons. The van der Waals surface area contributed by atoms with E-state index in [4.69, 9.17) is 26.4 Å². The summed E-state index contributed by atoms with van der Waals surface area (Å²) < 4.78 is 30.4. The molecule has 0 bridgehead atoms. The molecule has 0 saturated carbocycles. The molecule has 1 heterocycles. The summed E-state index contributed by atoms with van der Waals surface area (Å²) in [5.74, 6) is 0.661. The van der Waals surface area contributed by atoms with Crippen molar-refractivity contribution >= 4 is 40.3 Å². The molecule has 5 nitrogen and oxygen atoms in total.